The van der Waals surface area contributed by atoms with Gasteiger partial charge >= 0.3 is 0 Å². The molecule has 1 heterocycles. The molecule has 0 aliphatic rings. The molecule has 11 heavy (non-hydrogen) atoms. The van der Waals surface area contributed by atoms with Gasteiger partial charge in [0.1, 0.15) is 5.82 Å². The maximum Gasteiger partial charge on any atom is 0.131 e. The third kappa shape index (κ3) is 2.55. The van der Waals surface area contributed by atoms with Gasteiger partial charge in [-0.05, 0) is 12.1 Å². The van der Waals surface area contributed by atoms with E-state index in [0.29, 0.717) is 5.02 Å². The maximum atomic E-state index is 5.62. The average Bonchev–Trinajstić information content (AvgIpc) is 2.04. The maximum absolute atomic E-state index is 5.62. The first-order valence-electron chi connectivity index (χ1n) is 3.11. The monoisotopic (exact) mass is 169 g/mol. The van der Waals surface area contributed by atoms with Crippen LogP contribution in [0.5, 0.6) is 0 Å². The fourth-order valence-corrected chi connectivity index (χ4v) is 0.704. The molecule has 1 aromatic heterocycles. The summed E-state index contributed by atoms with van der Waals surface area (Å²) in [6.07, 6.45) is 3.14. The molecule has 0 saturated heterocycles. The summed E-state index contributed by atoms with van der Waals surface area (Å²) in [6, 6.07) is 3.55. The molecule has 3 nitrogen and oxygen atoms in total. The first-order chi connectivity index (χ1) is 5.33. The Labute approximate surface area is 70.1 Å². The first kappa shape index (κ1) is 8.01. The standard InChI is InChI=1S/C7H8ClN3/c1-9-5-11-7-3-2-6(8)4-10-7/h2-5H,1H3,(H,9,10,11). The zero-order valence-corrected chi connectivity index (χ0v) is 6.84. The molecule has 0 aromatic carbocycles. The lowest BCUT2D eigenvalue weighted by molar-refractivity contribution is 1.32. The van der Waals surface area contributed by atoms with Gasteiger partial charge in [-0.15, -0.1) is 0 Å². The van der Waals surface area contributed by atoms with E-state index in [2.05, 4.69) is 15.3 Å². The van der Waals surface area contributed by atoms with Gasteiger partial charge in [0.25, 0.3) is 0 Å². The predicted octanol–water partition coefficient (Wildman–Crippen LogP) is 1.80. The van der Waals surface area contributed by atoms with E-state index in [0.717, 1.165) is 5.82 Å². The summed E-state index contributed by atoms with van der Waals surface area (Å²) in [7, 11) is 1.68. The molecule has 0 aliphatic heterocycles. The number of hydrogen-bond acceptors (Lipinski definition) is 2. The van der Waals surface area contributed by atoms with Gasteiger partial charge in [0.2, 0.25) is 0 Å². The number of nitrogens with one attached hydrogen (secondary N) is 1. The van der Waals surface area contributed by atoms with Crippen LogP contribution in [0.1, 0.15) is 0 Å². The molecule has 0 radical (unpaired) electrons. The van der Waals surface area contributed by atoms with E-state index < -0.39 is 0 Å². The van der Waals surface area contributed by atoms with Crippen LogP contribution in [-0.2, 0) is 0 Å². The molecule has 1 N–H and O–H groups in total. The van der Waals surface area contributed by atoms with Crippen molar-refractivity contribution in [2.24, 2.45) is 4.99 Å². The second-order valence-electron chi connectivity index (χ2n) is 1.89. The van der Waals surface area contributed by atoms with E-state index in [1.54, 1.807) is 31.7 Å². The minimum absolute atomic E-state index is 0.629. The largest absolute Gasteiger partial charge is 0.331 e. The highest BCUT2D eigenvalue weighted by atomic mass is 35.5. The van der Waals surface area contributed by atoms with E-state index in [4.69, 9.17) is 11.6 Å². The minimum atomic E-state index is 0.629. The molecular weight excluding hydrogens is 162 g/mol. The van der Waals surface area contributed by atoms with Gasteiger partial charge in [-0.3, -0.25) is 4.99 Å². The van der Waals surface area contributed by atoms with Gasteiger partial charge in [0, 0.05) is 13.2 Å². The van der Waals surface area contributed by atoms with Crippen molar-refractivity contribution in [3.63, 3.8) is 0 Å². The highest BCUT2D eigenvalue weighted by molar-refractivity contribution is 6.30. The van der Waals surface area contributed by atoms with Crippen LogP contribution in [0.2, 0.25) is 5.02 Å². The zero-order valence-electron chi connectivity index (χ0n) is 6.08. The summed E-state index contributed by atoms with van der Waals surface area (Å²) in [5, 5.41) is 3.49. The van der Waals surface area contributed by atoms with Crippen molar-refractivity contribution in [2.45, 2.75) is 0 Å². The first-order valence-corrected chi connectivity index (χ1v) is 3.49. The molecule has 0 spiro atoms. The quantitative estimate of drug-likeness (QED) is 0.542. The summed E-state index contributed by atoms with van der Waals surface area (Å²) in [6.45, 7) is 0. The molecule has 58 valence electrons. The van der Waals surface area contributed by atoms with Gasteiger partial charge in [0.05, 0.1) is 11.4 Å². The van der Waals surface area contributed by atoms with E-state index in [1.807, 2.05) is 0 Å². The Kier molecular flexibility index (Phi) is 2.86. The normalized spacial score (nSPS) is 10.4. The Balaban J connectivity index is 2.66. The van der Waals surface area contributed by atoms with Gasteiger partial charge in [0.15, 0.2) is 0 Å². The Bertz CT molecular complexity index is 242. The van der Waals surface area contributed by atoms with E-state index in [1.165, 1.54) is 0 Å². The number of aliphatic imine (C=N–C) groups is 1. The summed E-state index contributed by atoms with van der Waals surface area (Å²) >= 11 is 5.62. The SMILES string of the molecule is CN=CNc1ccc(Cl)cn1. The van der Waals surface area contributed by atoms with Crippen LogP contribution in [0.25, 0.3) is 0 Å². The predicted molar refractivity (Wildman–Crippen MR) is 47.3 cm³/mol. The lowest BCUT2D eigenvalue weighted by Crippen LogP contribution is -1.95. The lowest BCUT2D eigenvalue weighted by Gasteiger charge is -1.96. The van der Waals surface area contributed by atoms with Crippen LogP contribution >= 0.6 is 11.6 Å². The Morgan fingerprint density at radius 1 is 1.64 bits per heavy atom. The fourth-order valence-electron chi connectivity index (χ4n) is 0.592. The number of nitrogens with zero attached hydrogens (tertiary/aromatic N) is 2. The lowest BCUT2D eigenvalue weighted by atomic mass is 10.5. The highest BCUT2D eigenvalue weighted by Crippen LogP contribution is 2.08. The Morgan fingerprint density at radius 2 is 2.45 bits per heavy atom. The molecule has 1 rings (SSSR count). The molecular formula is C7H8ClN3. The third-order valence-electron chi connectivity index (χ3n) is 1.07. The van der Waals surface area contributed by atoms with Crippen LogP contribution in [0.15, 0.2) is 23.3 Å². The van der Waals surface area contributed by atoms with Crippen LogP contribution < -0.4 is 5.32 Å². The van der Waals surface area contributed by atoms with Gasteiger partial charge in [-0.25, -0.2) is 4.98 Å². The fraction of sp³-hybridized carbons (Fsp3) is 0.143. The van der Waals surface area contributed by atoms with Crippen LogP contribution in [0.4, 0.5) is 5.82 Å². The van der Waals surface area contributed by atoms with Crippen molar-refractivity contribution >= 4 is 23.8 Å². The molecule has 1 aromatic rings. The minimum Gasteiger partial charge on any atom is -0.331 e. The highest BCUT2D eigenvalue weighted by Gasteiger charge is 1.88. The smallest absolute Gasteiger partial charge is 0.131 e. The van der Waals surface area contributed by atoms with E-state index >= 15 is 0 Å². The third-order valence-corrected chi connectivity index (χ3v) is 1.29. The van der Waals surface area contributed by atoms with Gasteiger partial charge < -0.3 is 5.32 Å². The van der Waals surface area contributed by atoms with Crippen molar-refractivity contribution in [1.29, 1.82) is 0 Å². The van der Waals surface area contributed by atoms with Gasteiger partial charge in [-0.1, -0.05) is 11.6 Å². The molecule has 0 bridgehead atoms. The number of anilines is 1. The van der Waals surface area contributed by atoms with Crippen LogP contribution in [0, 0.1) is 0 Å². The van der Waals surface area contributed by atoms with Crippen molar-refractivity contribution in [3.05, 3.63) is 23.4 Å². The second-order valence-corrected chi connectivity index (χ2v) is 2.33. The molecule has 0 saturated carbocycles. The summed E-state index contributed by atoms with van der Waals surface area (Å²) in [4.78, 5) is 7.73. The molecule has 4 heteroatoms. The molecule has 0 unspecified atom stereocenters. The summed E-state index contributed by atoms with van der Waals surface area (Å²) in [5.41, 5.74) is 0. The number of pyridine rings is 1. The molecule has 0 atom stereocenters. The topological polar surface area (TPSA) is 37.3 Å². The second kappa shape index (κ2) is 3.93. The van der Waals surface area contributed by atoms with E-state index in [9.17, 15) is 0 Å². The molecule has 0 aliphatic carbocycles. The van der Waals surface area contributed by atoms with Crippen LogP contribution in [0.3, 0.4) is 0 Å². The van der Waals surface area contributed by atoms with Crippen LogP contribution in [-0.4, -0.2) is 18.4 Å². The van der Waals surface area contributed by atoms with Crippen molar-refractivity contribution in [3.8, 4) is 0 Å². The summed E-state index contributed by atoms with van der Waals surface area (Å²) < 4.78 is 0. The Hall–Kier alpha value is -1.09. The average molecular weight is 170 g/mol. The van der Waals surface area contributed by atoms with Gasteiger partial charge in [-0.2, -0.15) is 0 Å². The number of rotatable bonds is 2. The van der Waals surface area contributed by atoms with Crippen molar-refractivity contribution in [2.75, 3.05) is 12.4 Å². The number of halogens is 1. The molecule has 0 amide bonds. The zero-order chi connectivity index (χ0) is 8.10. The summed E-state index contributed by atoms with van der Waals surface area (Å²) in [5.74, 6) is 0.736. The molecule has 0 fully saturated rings. The Morgan fingerprint density at radius 3 is 3.00 bits per heavy atom. The number of hydrogen-bond donors (Lipinski definition) is 1. The van der Waals surface area contributed by atoms with E-state index in [-0.39, 0.29) is 0 Å². The van der Waals surface area contributed by atoms with Crippen molar-refractivity contribution in [1.82, 2.24) is 4.98 Å². The number of aromatic nitrogens is 1. The van der Waals surface area contributed by atoms with Crippen molar-refractivity contribution < 1.29 is 0 Å².